The molecule has 0 saturated carbocycles. The molecule has 0 aliphatic carbocycles. The Labute approximate surface area is 126 Å². The normalized spacial score (nSPS) is 11.9. The average molecular weight is 369 g/mol. The van der Waals surface area contributed by atoms with Crippen LogP contribution in [0.15, 0.2) is 22.7 Å². The smallest absolute Gasteiger partial charge is 0.269 e. The van der Waals surface area contributed by atoms with Gasteiger partial charge in [0.25, 0.3) is 0 Å². The quantitative estimate of drug-likeness (QED) is 0.789. The molecule has 0 atom stereocenters. The van der Waals surface area contributed by atoms with Gasteiger partial charge in [0.1, 0.15) is 5.82 Å². The van der Waals surface area contributed by atoms with Crippen molar-refractivity contribution in [2.75, 3.05) is 0 Å². The van der Waals surface area contributed by atoms with Crippen molar-refractivity contribution < 1.29 is 13.2 Å². The molecular formula is C12H10BrClF3N3. The summed E-state index contributed by atoms with van der Waals surface area (Å²) in [4.78, 5) is 0. The first kappa shape index (κ1) is 15.3. The van der Waals surface area contributed by atoms with Crippen molar-refractivity contribution in [2.24, 2.45) is 0 Å². The van der Waals surface area contributed by atoms with E-state index in [4.69, 9.17) is 11.6 Å². The van der Waals surface area contributed by atoms with Crippen LogP contribution in [0.3, 0.4) is 0 Å². The van der Waals surface area contributed by atoms with E-state index in [9.17, 15) is 13.2 Å². The maximum Gasteiger partial charge on any atom is 0.416 e. The van der Waals surface area contributed by atoms with Crippen molar-refractivity contribution in [3.05, 3.63) is 39.3 Å². The van der Waals surface area contributed by atoms with Crippen LogP contribution in [0.2, 0.25) is 5.28 Å². The molecule has 0 aliphatic rings. The minimum absolute atomic E-state index is 0.0356. The lowest BCUT2D eigenvalue weighted by molar-refractivity contribution is -0.137. The monoisotopic (exact) mass is 367 g/mol. The molecular weight excluding hydrogens is 359 g/mol. The van der Waals surface area contributed by atoms with Gasteiger partial charge >= 0.3 is 6.18 Å². The summed E-state index contributed by atoms with van der Waals surface area (Å²) in [6.45, 7) is 1.94. The summed E-state index contributed by atoms with van der Waals surface area (Å²) in [5.41, 5.74) is -0.471. The number of alkyl halides is 3. The molecule has 0 fully saturated rings. The zero-order chi connectivity index (χ0) is 14.9. The summed E-state index contributed by atoms with van der Waals surface area (Å²) in [5.74, 6) is 0.525. The third kappa shape index (κ3) is 2.98. The molecule has 0 unspecified atom stereocenters. The second kappa shape index (κ2) is 5.73. The minimum Gasteiger partial charge on any atom is -0.269 e. The summed E-state index contributed by atoms with van der Waals surface area (Å²) < 4.78 is 40.3. The van der Waals surface area contributed by atoms with Crippen LogP contribution in [-0.2, 0) is 12.6 Å². The number of nitrogens with zero attached hydrogens (tertiary/aromatic N) is 3. The Morgan fingerprint density at radius 2 is 2.00 bits per heavy atom. The van der Waals surface area contributed by atoms with Crippen molar-refractivity contribution in [3.63, 3.8) is 0 Å². The summed E-state index contributed by atoms with van der Waals surface area (Å²) in [5, 5.41) is 7.65. The van der Waals surface area contributed by atoms with Crippen LogP contribution in [0.4, 0.5) is 13.2 Å². The van der Waals surface area contributed by atoms with E-state index >= 15 is 0 Å². The molecule has 0 saturated heterocycles. The topological polar surface area (TPSA) is 30.7 Å². The van der Waals surface area contributed by atoms with Crippen LogP contribution in [0.5, 0.6) is 0 Å². The van der Waals surface area contributed by atoms with E-state index < -0.39 is 11.7 Å². The summed E-state index contributed by atoms with van der Waals surface area (Å²) >= 11 is 9.18. The SMILES string of the molecule is CCCc1nnc(Cl)n1-c1cc(C(F)(F)F)ccc1Br. The van der Waals surface area contributed by atoms with E-state index in [1.54, 1.807) is 0 Å². The van der Waals surface area contributed by atoms with Crippen molar-refractivity contribution >= 4 is 27.5 Å². The fourth-order valence-corrected chi connectivity index (χ4v) is 2.43. The molecule has 2 aromatic rings. The lowest BCUT2D eigenvalue weighted by Gasteiger charge is -2.13. The van der Waals surface area contributed by atoms with E-state index in [0.29, 0.717) is 16.7 Å². The Morgan fingerprint density at radius 3 is 2.60 bits per heavy atom. The first-order valence-corrected chi connectivity index (χ1v) is 6.98. The van der Waals surface area contributed by atoms with Crippen molar-refractivity contribution in [2.45, 2.75) is 25.9 Å². The third-order valence-electron chi connectivity index (χ3n) is 2.68. The van der Waals surface area contributed by atoms with Gasteiger partial charge < -0.3 is 0 Å². The zero-order valence-electron chi connectivity index (χ0n) is 10.4. The molecule has 20 heavy (non-hydrogen) atoms. The van der Waals surface area contributed by atoms with Crippen molar-refractivity contribution in [1.29, 1.82) is 0 Å². The molecule has 2 rings (SSSR count). The molecule has 0 radical (unpaired) electrons. The fourth-order valence-electron chi connectivity index (χ4n) is 1.78. The molecule has 0 N–H and O–H groups in total. The van der Waals surface area contributed by atoms with Gasteiger partial charge in [0.2, 0.25) is 5.28 Å². The van der Waals surface area contributed by atoms with Gasteiger partial charge in [0.15, 0.2) is 0 Å². The Morgan fingerprint density at radius 1 is 1.30 bits per heavy atom. The molecule has 8 heteroatoms. The highest BCUT2D eigenvalue weighted by Crippen LogP contribution is 2.34. The number of hydrogen-bond acceptors (Lipinski definition) is 2. The summed E-state index contributed by atoms with van der Waals surface area (Å²) in [7, 11) is 0. The maximum atomic E-state index is 12.8. The van der Waals surface area contributed by atoms with Gasteiger partial charge in [-0.05, 0) is 52.2 Å². The summed E-state index contributed by atoms with van der Waals surface area (Å²) in [6, 6.07) is 3.37. The molecule has 0 spiro atoms. The highest BCUT2D eigenvalue weighted by atomic mass is 79.9. The van der Waals surface area contributed by atoms with E-state index in [0.717, 1.165) is 18.6 Å². The van der Waals surface area contributed by atoms with Gasteiger partial charge in [-0.1, -0.05) is 6.92 Å². The van der Waals surface area contributed by atoms with Gasteiger partial charge in [0.05, 0.1) is 11.3 Å². The fraction of sp³-hybridized carbons (Fsp3) is 0.333. The van der Waals surface area contributed by atoms with Crippen LogP contribution >= 0.6 is 27.5 Å². The molecule has 1 heterocycles. The van der Waals surface area contributed by atoms with Crippen LogP contribution in [0.1, 0.15) is 24.7 Å². The van der Waals surface area contributed by atoms with Gasteiger partial charge in [0, 0.05) is 10.9 Å². The van der Waals surface area contributed by atoms with E-state index in [1.807, 2.05) is 6.92 Å². The second-order valence-electron chi connectivity index (χ2n) is 4.13. The van der Waals surface area contributed by atoms with Crippen molar-refractivity contribution in [1.82, 2.24) is 14.8 Å². The van der Waals surface area contributed by atoms with Gasteiger partial charge in [-0.15, -0.1) is 10.2 Å². The number of aryl methyl sites for hydroxylation is 1. The predicted molar refractivity (Wildman–Crippen MR) is 73.1 cm³/mol. The van der Waals surface area contributed by atoms with Crippen LogP contribution in [-0.4, -0.2) is 14.8 Å². The Kier molecular flexibility index (Phi) is 4.39. The van der Waals surface area contributed by atoms with E-state index in [2.05, 4.69) is 26.1 Å². The highest BCUT2D eigenvalue weighted by molar-refractivity contribution is 9.10. The molecule has 1 aromatic heterocycles. The lowest BCUT2D eigenvalue weighted by atomic mass is 10.2. The first-order chi connectivity index (χ1) is 9.34. The number of benzene rings is 1. The number of rotatable bonds is 3. The van der Waals surface area contributed by atoms with Gasteiger partial charge in [-0.25, -0.2) is 0 Å². The third-order valence-corrected chi connectivity index (χ3v) is 3.59. The Bertz CT molecular complexity index is 625. The molecule has 108 valence electrons. The van der Waals surface area contributed by atoms with Gasteiger partial charge in [-0.3, -0.25) is 4.57 Å². The Balaban J connectivity index is 2.60. The highest BCUT2D eigenvalue weighted by Gasteiger charge is 2.31. The van der Waals surface area contributed by atoms with E-state index in [1.165, 1.54) is 10.6 Å². The molecule has 0 aliphatic heterocycles. The van der Waals surface area contributed by atoms with Crippen molar-refractivity contribution in [3.8, 4) is 5.69 Å². The second-order valence-corrected chi connectivity index (χ2v) is 5.33. The minimum atomic E-state index is -4.42. The molecule has 1 aromatic carbocycles. The lowest BCUT2D eigenvalue weighted by Crippen LogP contribution is -2.08. The molecule has 3 nitrogen and oxygen atoms in total. The molecule has 0 amide bonds. The first-order valence-electron chi connectivity index (χ1n) is 5.81. The van der Waals surface area contributed by atoms with E-state index in [-0.39, 0.29) is 11.0 Å². The average Bonchev–Trinajstić information content (AvgIpc) is 2.70. The number of halogens is 5. The Hall–Kier alpha value is -1.08. The number of hydrogen-bond donors (Lipinski definition) is 0. The number of aromatic nitrogens is 3. The standard InChI is InChI=1S/C12H10BrClF3N3/c1-2-3-10-18-19-11(14)20(10)9-6-7(12(15,16)17)4-5-8(9)13/h4-6H,2-3H2,1H3. The van der Waals surface area contributed by atoms with Crippen LogP contribution in [0.25, 0.3) is 5.69 Å². The zero-order valence-corrected chi connectivity index (χ0v) is 12.7. The van der Waals surface area contributed by atoms with Crippen LogP contribution < -0.4 is 0 Å². The maximum absolute atomic E-state index is 12.8. The predicted octanol–water partition coefficient (Wildman–Crippen LogP) is 4.65. The van der Waals surface area contributed by atoms with Crippen LogP contribution in [0, 0.1) is 0 Å². The largest absolute Gasteiger partial charge is 0.416 e. The van der Waals surface area contributed by atoms with Gasteiger partial charge in [-0.2, -0.15) is 13.2 Å². The molecule has 0 bridgehead atoms. The summed E-state index contributed by atoms with van der Waals surface area (Å²) in [6.07, 6.45) is -3.06.